The van der Waals surface area contributed by atoms with Gasteiger partial charge in [-0.05, 0) is 6.92 Å². The molecule has 0 saturated heterocycles. The molecule has 0 aliphatic carbocycles. The number of hydrogen-bond acceptors (Lipinski definition) is 5. The molecule has 2 heterocycles. The Morgan fingerprint density at radius 3 is 2.74 bits per heavy atom. The van der Waals surface area contributed by atoms with Crippen LogP contribution in [0.1, 0.15) is 16.3 Å². The number of aromatic nitrogens is 3. The minimum absolute atomic E-state index is 0.711. The number of benzene rings is 1. The van der Waals surface area contributed by atoms with Gasteiger partial charge in [0.25, 0.3) is 0 Å². The number of hydrogen-bond donors (Lipinski definition) is 1. The number of rotatable bonds is 6. The molecule has 1 N–H and O–H groups in total. The molecule has 0 unspecified atom stereocenters. The van der Waals surface area contributed by atoms with Crippen molar-refractivity contribution in [2.45, 2.75) is 20.0 Å². The lowest BCUT2D eigenvalue weighted by Gasteiger charge is -2.05. The van der Waals surface area contributed by atoms with Crippen LogP contribution in [0.4, 0.5) is 0 Å². The Morgan fingerprint density at radius 2 is 2.00 bits per heavy atom. The van der Waals surface area contributed by atoms with E-state index in [-0.39, 0.29) is 0 Å². The highest BCUT2D eigenvalue weighted by atomic mass is 32.1. The van der Waals surface area contributed by atoms with E-state index < -0.39 is 0 Å². The Morgan fingerprint density at radius 1 is 1.22 bits per heavy atom. The fourth-order valence-electron chi connectivity index (χ4n) is 2.57. The van der Waals surface area contributed by atoms with Gasteiger partial charge >= 0.3 is 0 Å². The van der Waals surface area contributed by atoms with Crippen LogP contribution in [0.2, 0.25) is 0 Å². The van der Waals surface area contributed by atoms with Crippen molar-refractivity contribution in [1.29, 1.82) is 0 Å². The number of nitrogens with zero attached hydrogens (tertiary/aromatic N) is 3. The second-order valence-electron chi connectivity index (χ2n) is 5.29. The predicted molar refractivity (Wildman–Crippen MR) is 92.6 cm³/mol. The summed E-state index contributed by atoms with van der Waals surface area (Å²) in [5.41, 5.74) is 4.26. The Kier molecular flexibility index (Phi) is 4.73. The van der Waals surface area contributed by atoms with Crippen LogP contribution < -0.4 is 10.1 Å². The third-order valence-corrected chi connectivity index (χ3v) is 4.53. The zero-order valence-electron chi connectivity index (χ0n) is 13.5. The summed E-state index contributed by atoms with van der Waals surface area (Å²) < 4.78 is 7.18. The minimum Gasteiger partial charge on any atom is -0.481 e. The molecule has 5 nitrogen and oxygen atoms in total. The highest BCUT2D eigenvalue weighted by Crippen LogP contribution is 2.23. The standard InChI is InChI=1S/C17H20N4OS/c1-12-14(17(22-3)21(2)20-12)9-18-10-16-19-15(11-23-16)13-7-5-4-6-8-13/h4-8,11,18H,9-10H2,1-3H3. The van der Waals surface area contributed by atoms with E-state index in [0.717, 1.165) is 39.9 Å². The van der Waals surface area contributed by atoms with Gasteiger partial charge in [-0.1, -0.05) is 30.3 Å². The Hall–Kier alpha value is -2.18. The van der Waals surface area contributed by atoms with Crippen LogP contribution in [-0.2, 0) is 20.1 Å². The monoisotopic (exact) mass is 328 g/mol. The van der Waals surface area contributed by atoms with Crippen molar-refractivity contribution in [3.8, 4) is 17.1 Å². The maximum atomic E-state index is 5.41. The molecule has 23 heavy (non-hydrogen) atoms. The van der Waals surface area contributed by atoms with Crippen molar-refractivity contribution in [3.05, 3.63) is 52.0 Å². The molecule has 0 radical (unpaired) electrons. The molecule has 1 aromatic carbocycles. The van der Waals surface area contributed by atoms with Gasteiger partial charge in [-0.2, -0.15) is 5.10 Å². The number of ether oxygens (including phenoxy) is 1. The largest absolute Gasteiger partial charge is 0.481 e. The fraction of sp³-hybridized carbons (Fsp3) is 0.294. The van der Waals surface area contributed by atoms with E-state index in [1.54, 1.807) is 23.1 Å². The summed E-state index contributed by atoms with van der Waals surface area (Å²) in [6.07, 6.45) is 0. The molecule has 0 aliphatic rings. The topological polar surface area (TPSA) is 52.0 Å². The number of aryl methyl sites for hydroxylation is 2. The fourth-order valence-corrected chi connectivity index (χ4v) is 3.34. The first-order valence-electron chi connectivity index (χ1n) is 7.46. The van der Waals surface area contributed by atoms with Crippen LogP contribution in [0.5, 0.6) is 5.88 Å². The van der Waals surface area contributed by atoms with Gasteiger partial charge in [0.2, 0.25) is 5.88 Å². The molecule has 0 atom stereocenters. The van der Waals surface area contributed by atoms with E-state index in [4.69, 9.17) is 4.74 Å². The number of methoxy groups -OCH3 is 1. The van der Waals surface area contributed by atoms with Crippen molar-refractivity contribution >= 4 is 11.3 Å². The lowest BCUT2D eigenvalue weighted by Crippen LogP contribution is -2.13. The maximum Gasteiger partial charge on any atom is 0.216 e. The molecule has 0 amide bonds. The summed E-state index contributed by atoms with van der Waals surface area (Å²) >= 11 is 1.67. The van der Waals surface area contributed by atoms with Crippen molar-refractivity contribution < 1.29 is 4.74 Å². The Bertz CT molecular complexity index is 779. The highest BCUT2D eigenvalue weighted by Gasteiger charge is 2.13. The maximum absolute atomic E-state index is 5.41. The van der Waals surface area contributed by atoms with Crippen molar-refractivity contribution in [2.24, 2.45) is 7.05 Å². The molecule has 0 bridgehead atoms. The summed E-state index contributed by atoms with van der Waals surface area (Å²) in [6, 6.07) is 10.2. The number of nitrogens with one attached hydrogen (secondary N) is 1. The van der Waals surface area contributed by atoms with E-state index in [2.05, 4.69) is 32.9 Å². The number of thiazole rings is 1. The summed E-state index contributed by atoms with van der Waals surface area (Å²) in [6.45, 7) is 3.44. The van der Waals surface area contributed by atoms with Gasteiger partial charge in [-0.3, -0.25) is 0 Å². The molecule has 0 spiro atoms. The highest BCUT2D eigenvalue weighted by molar-refractivity contribution is 7.09. The first-order chi connectivity index (χ1) is 11.2. The summed E-state index contributed by atoms with van der Waals surface area (Å²) in [4.78, 5) is 4.69. The molecule has 2 aromatic heterocycles. The van der Waals surface area contributed by atoms with E-state index >= 15 is 0 Å². The smallest absolute Gasteiger partial charge is 0.216 e. The third-order valence-electron chi connectivity index (χ3n) is 3.68. The van der Waals surface area contributed by atoms with Gasteiger partial charge in [-0.25, -0.2) is 9.67 Å². The normalized spacial score (nSPS) is 10.9. The zero-order valence-corrected chi connectivity index (χ0v) is 14.4. The van der Waals surface area contributed by atoms with Crippen LogP contribution in [-0.4, -0.2) is 21.9 Å². The molecule has 0 aliphatic heterocycles. The molecule has 120 valence electrons. The minimum atomic E-state index is 0.711. The van der Waals surface area contributed by atoms with Crippen LogP contribution >= 0.6 is 11.3 Å². The van der Waals surface area contributed by atoms with Crippen molar-refractivity contribution in [2.75, 3.05) is 7.11 Å². The van der Waals surface area contributed by atoms with Crippen molar-refractivity contribution in [3.63, 3.8) is 0 Å². The molecule has 0 fully saturated rings. The second kappa shape index (κ2) is 6.93. The second-order valence-corrected chi connectivity index (χ2v) is 6.24. The Labute approximate surface area is 140 Å². The zero-order chi connectivity index (χ0) is 16.2. The molecule has 0 saturated carbocycles. The lowest BCUT2D eigenvalue weighted by molar-refractivity contribution is 0.368. The van der Waals surface area contributed by atoms with E-state index in [1.165, 1.54) is 0 Å². The van der Waals surface area contributed by atoms with E-state index in [9.17, 15) is 0 Å². The Balaban J connectivity index is 1.63. The first kappa shape index (κ1) is 15.7. The third kappa shape index (κ3) is 3.43. The van der Waals surface area contributed by atoms with Gasteiger partial charge in [-0.15, -0.1) is 11.3 Å². The SMILES string of the molecule is COc1c(CNCc2nc(-c3ccccc3)cs2)c(C)nn1C. The van der Waals surface area contributed by atoms with E-state index in [1.807, 2.05) is 32.2 Å². The van der Waals surface area contributed by atoms with Crippen LogP contribution in [0.25, 0.3) is 11.3 Å². The van der Waals surface area contributed by atoms with Crippen LogP contribution in [0.15, 0.2) is 35.7 Å². The molecule has 3 rings (SSSR count). The van der Waals surface area contributed by atoms with Crippen molar-refractivity contribution in [1.82, 2.24) is 20.1 Å². The van der Waals surface area contributed by atoms with Gasteiger partial charge in [0.15, 0.2) is 0 Å². The quantitative estimate of drug-likeness (QED) is 0.755. The van der Waals surface area contributed by atoms with Gasteiger partial charge in [0, 0.05) is 31.1 Å². The average molecular weight is 328 g/mol. The van der Waals surface area contributed by atoms with Gasteiger partial charge < -0.3 is 10.1 Å². The van der Waals surface area contributed by atoms with E-state index in [0.29, 0.717) is 6.54 Å². The lowest BCUT2D eigenvalue weighted by atomic mass is 10.2. The molecule has 6 heteroatoms. The van der Waals surface area contributed by atoms with Crippen LogP contribution in [0.3, 0.4) is 0 Å². The predicted octanol–water partition coefficient (Wildman–Crippen LogP) is 3.15. The first-order valence-corrected chi connectivity index (χ1v) is 8.34. The van der Waals surface area contributed by atoms with Gasteiger partial charge in [0.1, 0.15) is 5.01 Å². The van der Waals surface area contributed by atoms with Crippen LogP contribution in [0, 0.1) is 6.92 Å². The molecular formula is C17H20N4OS. The summed E-state index contributed by atoms with van der Waals surface area (Å²) in [5.74, 6) is 0.805. The molecular weight excluding hydrogens is 308 g/mol. The molecule has 3 aromatic rings. The summed E-state index contributed by atoms with van der Waals surface area (Å²) in [5, 5.41) is 11.0. The summed E-state index contributed by atoms with van der Waals surface area (Å²) in [7, 11) is 3.56. The van der Waals surface area contributed by atoms with Gasteiger partial charge in [0.05, 0.1) is 24.1 Å². The average Bonchev–Trinajstić information content (AvgIpc) is 3.13.